The molecule has 0 bridgehead atoms. The third-order valence-electron chi connectivity index (χ3n) is 3.32. The average molecular weight is 186 g/mol. The minimum absolute atomic E-state index is 0.0890. The number of ether oxygens (including phenoxy) is 2. The van der Waals surface area contributed by atoms with E-state index < -0.39 is 5.97 Å². The highest BCUT2D eigenvalue weighted by Crippen LogP contribution is 2.60. The zero-order chi connectivity index (χ0) is 9.47. The number of rotatable bonds is 2. The summed E-state index contributed by atoms with van der Waals surface area (Å²) in [4.78, 5) is 10.9. The minimum atomic E-state index is -0.728. The van der Waals surface area contributed by atoms with Crippen molar-refractivity contribution in [1.82, 2.24) is 0 Å². The van der Waals surface area contributed by atoms with Gasteiger partial charge in [0.05, 0.1) is 12.0 Å². The fourth-order valence-corrected chi connectivity index (χ4v) is 2.55. The summed E-state index contributed by atoms with van der Waals surface area (Å²) in [7, 11) is 1.59. The van der Waals surface area contributed by atoms with E-state index in [0.29, 0.717) is 13.2 Å². The quantitative estimate of drug-likeness (QED) is 0.682. The van der Waals surface area contributed by atoms with Crippen LogP contribution in [0.15, 0.2) is 0 Å². The normalized spacial score (nSPS) is 36.1. The molecule has 0 amide bonds. The van der Waals surface area contributed by atoms with Crippen molar-refractivity contribution in [2.75, 3.05) is 20.3 Å². The van der Waals surface area contributed by atoms with Crippen LogP contribution in [-0.4, -0.2) is 37.5 Å². The van der Waals surface area contributed by atoms with Crippen molar-refractivity contribution < 1.29 is 19.4 Å². The van der Waals surface area contributed by atoms with E-state index in [0.717, 1.165) is 12.8 Å². The van der Waals surface area contributed by atoms with Crippen LogP contribution >= 0.6 is 0 Å². The van der Waals surface area contributed by atoms with E-state index >= 15 is 0 Å². The van der Waals surface area contributed by atoms with Gasteiger partial charge in [0.2, 0.25) is 0 Å². The molecule has 2 atom stereocenters. The van der Waals surface area contributed by atoms with Crippen LogP contribution < -0.4 is 0 Å². The van der Waals surface area contributed by atoms with Gasteiger partial charge in [-0.3, -0.25) is 4.79 Å². The van der Waals surface area contributed by atoms with E-state index in [1.807, 2.05) is 0 Å². The molecule has 4 heteroatoms. The predicted molar refractivity (Wildman–Crippen MR) is 44.4 cm³/mol. The van der Waals surface area contributed by atoms with Crippen molar-refractivity contribution in [3.8, 4) is 0 Å². The summed E-state index contributed by atoms with van der Waals surface area (Å²) in [5.41, 5.74) is -0.112. The first-order valence-electron chi connectivity index (χ1n) is 4.56. The molecule has 1 aliphatic heterocycles. The molecule has 1 heterocycles. The van der Waals surface area contributed by atoms with Crippen molar-refractivity contribution >= 4 is 5.97 Å². The Kier molecular flexibility index (Phi) is 2.04. The maximum Gasteiger partial charge on any atom is 0.309 e. The highest BCUT2D eigenvalue weighted by atomic mass is 16.5. The van der Waals surface area contributed by atoms with E-state index in [9.17, 15) is 4.79 Å². The van der Waals surface area contributed by atoms with Gasteiger partial charge in [-0.25, -0.2) is 0 Å². The Labute approximate surface area is 76.8 Å². The Morgan fingerprint density at radius 2 is 2.15 bits per heavy atom. The summed E-state index contributed by atoms with van der Waals surface area (Å²) in [6, 6.07) is 0. The maximum atomic E-state index is 10.9. The number of hydrogen-bond donors (Lipinski definition) is 1. The molecule has 2 aliphatic rings. The van der Waals surface area contributed by atoms with E-state index in [1.165, 1.54) is 0 Å². The van der Waals surface area contributed by atoms with Gasteiger partial charge in [-0.15, -0.1) is 0 Å². The van der Waals surface area contributed by atoms with Crippen molar-refractivity contribution in [1.29, 1.82) is 0 Å². The number of carbonyl (C=O) groups is 1. The summed E-state index contributed by atoms with van der Waals surface area (Å²) in [6.45, 7) is 1.34. The van der Waals surface area contributed by atoms with Gasteiger partial charge in [0.15, 0.2) is 0 Å². The fraction of sp³-hybridized carbons (Fsp3) is 0.889. The third-order valence-corrected chi connectivity index (χ3v) is 3.32. The molecule has 4 nitrogen and oxygen atoms in total. The standard InChI is InChI=1S/C9H14O4/c1-12-7-6(8(10)11)9(7)2-4-13-5-3-9/h6-7H,2-5H2,1H3,(H,10,11)/t6-,7-/m1/s1. The largest absolute Gasteiger partial charge is 0.481 e. The number of carboxylic acid groups (broad SMARTS) is 1. The lowest BCUT2D eigenvalue weighted by molar-refractivity contribution is -0.140. The highest BCUT2D eigenvalue weighted by molar-refractivity contribution is 5.76. The first kappa shape index (κ1) is 8.97. The second-order valence-electron chi connectivity index (χ2n) is 3.82. The first-order valence-corrected chi connectivity index (χ1v) is 4.56. The van der Waals surface area contributed by atoms with Crippen molar-refractivity contribution in [3.63, 3.8) is 0 Å². The zero-order valence-electron chi connectivity index (χ0n) is 7.66. The number of methoxy groups -OCH3 is 1. The molecule has 0 radical (unpaired) electrons. The van der Waals surface area contributed by atoms with Gasteiger partial charge >= 0.3 is 5.97 Å². The van der Waals surface area contributed by atoms with Gasteiger partial charge in [-0.1, -0.05) is 0 Å². The Morgan fingerprint density at radius 3 is 2.54 bits per heavy atom. The van der Waals surface area contributed by atoms with Crippen LogP contribution in [-0.2, 0) is 14.3 Å². The van der Waals surface area contributed by atoms with Gasteiger partial charge in [-0.2, -0.15) is 0 Å². The average Bonchev–Trinajstić information content (AvgIpc) is 2.74. The Bertz CT molecular complexity index is 220. The van der Waals surface area contributed by atoms with Crippen LogP contribution in [0.3, 0.4) is 0 Å². The fourth-order valence-electron chi connectivity index (χ4n) is 2.55. The molecule has 2 rings (SSSR count). The minimum Gasteiger partial charge on any atom is -0.481 e. The van der Waals surface area contributed by atoms with Crippen molar-refractivity contribution in [3.05, 3.63) is 0 Å². The second-order valence-corrected chi connectivity index (χ2v) is 3.82. The van der Waals surface area contributed by atoms with Crippen LogP contribution in [0.1, 0.15) is 12.8 Å². The molecule has 1 spiro atoms. The zero-order valence-corrected chi connectivity index (χ0v) is 7.66. The van der Waals surface area contributed by atoms with Crippen LogP contribution in [0, 0.1) is 11.3 Å². The van der Waals surface area contributed by atoms with Crippen LogP contribution in [0.5, 0.6) is 0 Å². The molecule has 0 unspecified atom stereocenters. The lowest BCUT2D eigenvalue weighted by Crippen LogP contribution is -2.22. The maximum absolute atomic E-state index is 10.9. The van der Waals surface area contributed by atoms with Gasteiger partial charge < -0.3 is 14.6 Å². The molecule has 13 heavy (non-hydrogen) atoms. The molecular weight excluding hydrogens is 172 g/mol. The van der Waals surface area contributed by atoms with E-state index in [1.54, 1.807) is 7.11 Å². The van der Waals surface area contributed by atoms with Crippen LogP contribution in [0.2, 0.25) is 0 Å². The number of aliphatic carboxylic acids is 1. The summed E-state index contributed by atoms with van der Waals surface area (Å²) in [5.74, 6) is -1.03. The molecule has 1 aliphatic carbocycles. The number of carboxylic acids is 1. The van der Waals surface area contributed by atoms with Crippen LogP contribution in [0.25, 0.3) is 0 Å². The molecule has 0 aromatic rings. The van der Waals surface area contributed by atoms with Crippen LogP contribution in [0.4, 0.5) is 0 Å². The van der Waals surface area contributed by atoms with E-state index in [4.69, 9.17) is 14.6 Å². The molecule has 1 saturated carbocycles. The van der Waals surface area contributed by atoms with Gasteiger partial charge in [0.1, 0.15) is 0 Å². The molecule has 0 aromatic heterocycles. The molecule has 1 saturated heterocycles. The van der Waals surface area contributed by atoms with E-state index in [2.05, 4.69) is 0 Å². The Balaban J connectivity index is 2.10. The second kappa shape index (κ2) is 2.96. The predicted octanol–water partition coefficient (Wildman–Crippen LogP) is 0.513. The summed E-state index contributed by atoms with van der Waals surface area (Å²) < 4.78 is 10.4. The number of hydrogen-bond acceptors (Lipinski definition) is 3. The monoisotopic (exact) mass is 186 g/mol. The molecule has 74 valence electrons. The molecule has 0 aromatic carbocycles. The SMILES string of the molecule is CO[C@@H]1[C@H](C(=O)O)C12CCOCC2. The van der Waals surface area contributed by atoms with Gasteiger partial charge in [0, 0.05) is 25.7 Å². The molecule has 1 N–H and O–H groups in total. The smallest absolute Gasteiger partial charge is 0.309 e. The van der Waals surface area contributed by atoms with Crippen molar-refractivity contribution in [2.24, 2.45) is 11.3 Å². The lowest BCUT2D eigenvalue weighted by atomic mass is 9.93. The molecular formula is C9H14O4. The Morgan fingerprint density at radius 1 is 1.54 bits per heavy atom. The highest BCUT2D eigenvalue weighted by Gasteiger charge is 2.69. The summed E-state index contributed by atoms with van der Waals surface area (Å²) in [6.07, 6.45) is 1.55. The summed E-state index contributed by atoms with van der Waals surface area (Å²) in [5, 5.41) is 8.95. The summed E-state index contributed by atoms with van der Waals surface area (Å²) >= 11 is 0. The van der Waals surface area contributed by atoms with E-state index in [-0.39, 0.29) is 17.4 Å². The topological polar surface area (TPSA) is 55.8 Å². The van der Waals surface area contributed by atoms with Crippen molar-refractivity contribution in [2.45, 2.75) is 18.9 Å². The first-order chi connectivity index (χ1) is 6.22. The Hall–Kier alpha value is -0.610. The third kappa shape index (κ3) is 1.16. The van der Waals surface area contributed by atoms with Gasteiger partial charge in [0.25, 0.3) is 0 Å². The molecule has 2 fully saturated rings. The lowest BCUT2D eigenvalue weighted by Gasteiger charge is -2.22. The van der Waals surface area contributed by atoms with Gasteiger partial charge in [-0.05, 0) is 12.8 Å².